The Labute approximate surface area is 640 Å². The average Bonchev–Trinajstić information content (AvgIpc) is 0.680. The first kappa shape index (κ1) is 74.5. The van der Waals surface area contributed by atoms with Crippen molar-refractivity contribution in [2.24, 2.45) is 15.0 Å². The highest BCUT2D eigenvalue weighted by atomic mass is 32.2. The maximum Gasteiger partial charge on any atom is 0.261 e. The fourth-order valence-corrected chi connectivity index (χ4v) is 19.0. The Balaban J connectivity index is 0.000000189. The van der Waals surface area contributed by atoms with E-state index < -0.39 is 23.6 Å². The van der Waals surface area contributed by atoms with Crippen molar-refractivity contribution >= 4 is 238 Å². The fourth-order valence-electron chi connectivity index (χ4n) is 17.0. The molecule has 0 aromatic heterocycles. The zero-order chi connectivity index (χ0) is 75.4. The van der Waals surface area contributed by atoms with E-state index in [0.29, 0.717) is 168 Å². The van der Waals surface area contributed by atoms with Gasteiger partial charge in [-0.15, -0.1) is 0 Å². The van der Waals surface area contributed by atoms with Crippen LogP contribution in [0.25, 0.3) is 86.2 Å². The Hall–Kier alpha value is -9.72. The summed E-state index contributed by atoms with van der Waals surface area (Å²) in [6.07, 6.45) is 12.2. The number of thiocyanates is 3. The first-order valence-electron chi connectivity index (χ1n) is 36.0. The lowest BCUT2D eigenvalue weighted by atomic mass is 9.80. The average molecular weight is 1520 g/mol. The van der Waals surface area contributed by atoms with Gasteiger partial charge in [0, 0.05) is 137 Å². The number of isothiocyanates is 3. The minimum Gasteiger partial charge on any atom is -0.271 e. The van der Waals surface area contributed by atoms with E-state index in [1.165, 1.54) is 19.6 Å². The van der Waals surface area contributed by atoms with E-state index in [2.05, 4.69) is 74.4 Å². The van der Waals surface area contributed by atoms with Gasteiger partial charge in [0.15, 0.2) is 0 Å². The summed E-state index contributed by atoms with van der Waals surface area (Å²) in [4.78, 5) is 136. The largest absolute Gasteiger partial charge is 0.271 e. The lowest BCUT2D eigenvalue weighted by molar-refractivity contribution is 0.0508. The van der Waals surface area contributed by atoms with Gasteiger partial charge in [0.25, 0.3) is 47.3 Å². The molecule has 0 N–H and O–H groups in total. The van der Waals surface area contributed by atoms with Crippen molar-refractivity contribution in [3.63, 3.8) is 0 Å². The number of thiocarbonyl (C=S) groups is 3. The van der Waals surface area contributed by atoms with Crippen molar-refractivity contribution in [1.29, 1.82) is 15.8 Å². The summed E-state index contributed by atoms with van der Waals surface area (Å²) >= 11 is 18.0. The highest BCUT2D eigenvalue weighted by Crippen LogP contribution is 2.58. The van der Waals surface area contributed by atoms with Gasteiger partial charge in [0.1, 0.15) is 16.2 Å². The van der Waals surface area contributed by atoms with Crippen LogP contribution in [0.1, 0.15) is 241 Å². The number of amides is 8. The van der Waals surface area contributed by atoms with E-state index in [-0.39, 0.29) is 81.4 Å². The zero-order valence-electron chi connectivity index (χ0n) is 59.6. The topological polar surface area (TPSA) is 258 Å². The molecule has 0 saturated carbocycles. The highest BCUT2D eigenvalue weighted by Gasteiger charge is 2.45. The number of fused-ring (bicyclic) bond motifs is 4. The number of imide groups is 4. The number of nitriles is 3. The second kappa shape index (κ2) is 30.6. The summed E-state index contributed by atoms with van der Waals surface area (Å²) in [5, 5.41) is 52.9. The van der Waals surface area contributed by atoms with Crippen molar-refractivity contribution in [1.82, 2.24) is 19.6 Å². The van der Waals surface area contributed by atoms with Crippen LogP contribution in [0.5, 0.6) is 0 Å². The van der Waals surface area contributed by atoms with Crippen LogP contribution in [0, 0.1) is 32.0 Å². The minimum absolute atomic E-state index is 0.214. The number of aliphatic imine (C=N–C) groups is 3. The molecule has 4 unspecified atom stereocenters. The molecule has 18 nitrogen and oxygen atoms in total. The molecule has 4 heterocycles. The monoisotopic (exact) mass is 1510 g/mol. The number of hydrogen-bond acceptors (Lipinski definition) is 20. The fraction of sp³-hybridized carbons (Fsp3) is 0.341. The predicted molar refractivity (Wildman–Crippen MR) is 430 cm³/mol. The molecule has 4 atom stereocenters. The number of rotatable bonds is 26. The van der Waals surface area contributed by atoms with Gasteiger partial charge in [-0.25, -0.2) is 0 Å². The van der Waals surface area contributed by atoms with Crippen molar-refractivity contribution in [2.75, 3.05) is 0 Å². The van der Waals surface area contributed by atoms with Crippen molar-refractivity contribution in [3.8, 4) is 16.2 Å². The molecule has 0 radical (unpaired) electrons. The van der Waals surface area contributed by atoms with E-state index in [4.69, 9.17) is 36.7 Å². The second-order valence-corrected chi connectivity index (χ2v) is 30.1. The van der Waals surface area contributed by atoms with Crippen LogP contribution in [0.2, 0.25) is 0 Å². The third-order valence-corrected chi connectivity index (χ3v) is 23.9. The third-order valence-electron chi connectivity index (χ3n) is 21.7. The highest BCUT2D eigenvalue weighted by molar-refractivity contribution is 8.04. The van der Waals surface area contributed by atoms with Gasteiger partial charge in [-0.3, -0.25) is 58.0 Å². The normalized spacial score (nSPS) is 15.0. The van der Waals surface area contributed by atoms with E-state index in [1.807, 2.05) is 39.8 Å². The summed E-state index contributed by atoms with van der Waals surface area (Å²) in [5.41, 5.74) is 3.40. The van der Waals surface area contributed by atoms with Crippen LogP contribution in [-0.2, 0) is 0 Å². The maximum absolute atomic E-state index is 14.6. The molecule has 10 aromatic rings. The van der Waals surface area contributed by atoms with Crippen LogP contribution >= 0.6 is 71.9 Å². The molecular formula is C82H70N10O8S6. The van der Waals surface area contributed by atoms with Gasteiger partial charge < -0.3 is 0 Å². The van der Waals surface area contributed by atoms with Crippen LogP contribution in [0.15, 0.2) is 90.3 Å². The lowest BCUT2D eigenvalue weighted by Crippen LogP contribution is -2.47. The molecule has 4 aliphatic heterocycles. The summed E-state index contributed by atoms with van der Waals surface area (Å²) < 4.78 is 0. The standard InChI is InChI=1S/C42H34N6O4S4.C40H36N4O4S2/c1-5-9-11-21(7-3)47-39(49)23-13-27(45-19-53)33-34-28(46-20-54)14-24-32-26(42(52)48(40(24)50)22(8-4)12-10-6-2)16-30(56-18-44)36(38(32)34)35-29(55-17-43)15-25(41(47)51)31(23)37(33)35;1-5-9-11-21(7-3)43-37(45)25-15-13-23-31-24(14-16-26(32(25)31)38(43)46)35-30(50-19-41)18-28-33-27(17-29(42-20-49)34(23)36(33)35)39(47)44(40(28)48)22(8-4)12-10-6-2/h13-16,21-22H,5-12H2,1-4H3;13-18,21-22H,5-12H2,1-4H3. The molecule has 106 heavy (non-hydrogen) atoms. The quantitative estimate of drug-likeness (QED) is 0.00928. The van der Waals surface area contributed by atoms with E-state index in [0.717, 1.165) is 98.5 Å². The van der Waals surface area contributed by atoms with Gasteiger partial charge in [-0.1, -0.05) is 119 Å². The number of benzene rings is 10. The third kappa shape index (κ3) is 11.6. The van der Waals surface area contributed by atoms with E-state index in [1.54, 1.807) is 48.5 Å². The van der Waals surface area contributed by atoms with Gasteiger partial charge in [0.05, 0.1) is 49.2 Å². The molecule has 0 fully saturated rings. The Kier molecular flexibility index (Phi) is 21.5. The van der Waals surface area contributed by atoms with Crippen LogP contribution < -0.4 is 0 Å². The van der Waals surface area contributed by atoms with Gasteiger partial charge >= 0.3 is 0 Å². The molecule has 4 aliphatic rings. The summed E-state index contributed by atoms with van der Waals surface area (Å²) in [6, 6.07) is 16.0. The SMILES string of the molecule is CCCCC(CC)N1C(=O)c2cc(N=C=S)c3c4c(N=C=S)cc5c6c(cc(SC#N)c(c7c(SC#N)cc(c2c37)C1=O)c64)C(=O)N(C(CC)CCCC)C5=O.CCCCC(CC)N1C(=O)c2ccc3c4c(N=C=S)cc5c6c(cc(SC#N)c(c7ccc(c2c37)C1=O)c64)C(=O)N(C(CC)CCCC)C5=O. The summed E-state index contributed by atoms with van der Waals surface area (Å²) in [5.74, 6) is -3.31. The van der Waals surface area contributed by atoms with Gasteiger partial charge in [-0.2, -0.15) is 30.8 Å². The minimum atomic E-state index is -0.478. The van der Waals surface area contributed by atoms with Crippen molar-refractivity contribution < 1.29 is 38.4 Å². The van der Waals surface area contributed by atoms with Crippen LogP contribution in [-0.4, -0.2) is 107 Å². The molecule has 24 heteroatoms. The molecule has 0 bridgehead atoms. The lowest BCUT2D eigenvalue weighted by Gasteiger charge is -2.36. The zero-order valence-corrected chi connectivity index (χ0v) is 64.5. The molecule has 0 saturated heterocycles. The van der Waals surface area contributed by atoms with Crippen LogP contribution in [0.3, 0.4) is 0 Å². The Morgan fingerprint density at radius 2 is 0.575 bits per heavy atom. The molecule has 0 spiro atoms. The number of thioether (sulfide) groups is 3. The number of carbonyl (C=O) groups is 8. The second-order valence-electron chi connectivity index (χ2n) is 27.1. The van der Waals surface area contributed by atoms with E-state index in [9.17, 15) is 54.1 Å². The predicted octanol–water partition coefficient (Wildman–Crippen LogP) is 21.7. The molecule has 14 rings (SSSR count). The van der Waals surface area contributed by atoms with E-state index >= 15 is 0 Å². The number of unbranched alkanes of at least 4 members (excludes halogenated alkanes) is 4. The molecule has 532 valence electrons. The Morgan fingerprint density at radius 3 is 0.858 bits per heavy atom. The number of nitrogens with zero attached hydrogens (tertiary/aromatic N) is 10. The molecular weight excluding hydrogens is 1450 g/mol. The molecule has 10 aromatic carbocycles. The Bertz CT molecular complexity index is 5650. The first-order valence-corrected chi connectivity index (χ1v) is 39.7. The van der Waals surface area contributed by atoms with Crippen molar-refractivity contribution in [2.45, 2.75) is 197 Å². The molecule has 0 aliphatic carbocycles. The van der Waals surface area contributed by atoms with Gasteiger partial charge in [-0.05, 0) is 188 Å². The maximum atomic E-state index is 14.6. The molecule has 8 amide bonds. The first-order chi connectivity index (χ1) is 51.4. The summed E-state index contributed by atoms with van der Waals surface area (Å²) in [6.45, 7) is 16.1. The number of hydrogen-bond donors (Lipinski definition) is 0. The smallest absolute Gasteiger partial charge is 0.261 e. The summed E-state index contributed by atoms with van der Waals surface area (Å²) in [7, 11) is 0. The Morgan fingerprint density at radius 1 is 0.321 bits per heavy atom. The van der Waals surface area contributed by atoms with Crippen molar-refractivity contribution in [3.05, 3.63) is 105 Å². The number of carbonyl (C=O) groups excluding carboxylic acids is 8. The van der Waals surface area contributed by atoms with Crippen LogP contribution in [0.4, 0.5) is 17.1 Å². The van der Waals surface area contributed by atoms with Gasteiger partial charge in [0.2, 0.25) is 0 Å².